The summed E-state index contributed by atoms with van der Waals surface area (Å²) in [6, 6.07) is 7.15. The van der Waals surface area contributed by atoms with Gasteiger partial charge in [0, 0.05) is 29.0 Å². The Labute approximate surface area is 161 Å². The zero-order valence-corrected chi connectivity index (χ0v) is 15.7. The quantitative estimate of drug-likeness (QED) is 0.464. The van der Waals surface area contributed by atoms with Gasteiger partial charge in [-0.05, 0) is 59.1 Å². The van der Waals surface area contributed by atoms with Gasteiger partial charge in [0.2, 0.25) is 0 Å². The molecule has 8 heteroatoms. The molecule has 0 radical (unpaired) electrons. The van der Waals surface area contributed by atoms with E-state index in [0.29, 0.717) is 16.9 Å². The monoisotopic (exact) mass is 429 g/mol. The maximum Gasteiger partial charge on any atom is 0.183 e. The van der Waals surface area contributed by atoms with Crippen LogP contribution in [-0.4, -0.2) is 26.1 Å². The van der Waals surface area contributed by atoms with E-state index in [1.807, 2.05) is 23.2 Å². The molecule has 1 aromatic carbocycles. The van der Waals surface area contributed by atoms with Crippen LogP contribution in [0.1, 0.15) is 24.4 Å². The number of benzene rings is 1. The van der Waals surface area contributed by atoms with Gasteiger partial charge in [0.15, 0.2) is 11.3 Å². The maximum atomic E-state index is 14.3. The number of halogens is 3. The molecule has 136 valence electrons. The van der Waals surface area contributed by atoms with Crippen molar-refractivity contribution in [1.82, 2.24) is 19.6 Å². The molecule has 0 bridgehead atoms. The highest BCUT2D eigenvalue weighted by molar-refractivity contribution is 9.10. The molecule has 0 aliphatic carbocycles. The lowest BCUT2D eigenvalue weighted by atomic mass is 10.0. The summed E-state index contributed by atoms with van der Waals surface area (Å²) < 4.78 is 30.5. The van der Waals surface area contributed by atoms with E-state index in [1.165, 1.54) is 12.1 Å². The summed E-state index contributed by atoms with van der Waals surface area (Å²) in [5.74, 6) is -0.105. The standard InChI is InChI=1S/C19H14BrF2N5/c20-11-8-14-18(23-10-11)25-27-7-5-17(24-19(14)27)26-6-1-2-16(26)13-9-12(21)3-4-15(13)22/h3-5,7-10,16H,1-2,6H2/t16-/m1/s1. The number of anilines is 1. The topological polar surface area (TPSA) is 46.3 Å². The van der Waals surface area contributed by atoms with Crippen molar-refractivity contribution < 1.29 is 8.78 Å². The van der Waals surface area contributed by atoms with Gasteiger partial charge in [-0.1, -0.05) is 0 Å². The van der Waals surface area contributed by atoms with E-state index in [2.05, 4.69) is 26.0 Å². The molecule has 1 saturated heterocycles. The Kier molecular flexibility index (Phi) is 3.82. The summed E-state index contributed by atoms with van der Waals surface area (Å²) in [5, 5.41) is 5.25. The number of fused-ring (bicyclic) bond motifs is 3. The van der Waals surface area contributed by atoms with Crippen LogP contribution in [0.3, 0.4) is 0 Å². The Morgan fingerprint density at radius 2 is 2.04 bits per heavy atom. The highest BCUT2D eigenvalue weighted by atomic mass is 79.9. The van der Waals surface area contributed by atoms with E-state index in [1.54, 1.807) is 10.7 Å². The summed E-state index contributed by atoms with van der Waals surface area (Å²) >= 11 is 3.43. The Morgan fingerprint density at radius 3 is 2.93 bits per heavy atom. The third kappa shape index (κ3) is 2.75. The molecule has 27 heavy (non-hydrogen) atoms. The molecule has 0 amide bonds. The van der Waals surface area contributed by atoms with Crippen LogP contribution in [0.4, 0.5) is 14.6 Å². The van der Waals surface area contributed by atoms with Crippen LogP contribution < -0.4 is 4.90 Å². The molecule has 0 spiro atoms. The molecule has 1 aliphatic heterocycles. The van der Waals surface area contributed by atoms with Crippen molar-refractivity contribution in [2.24, 2.45) is 0 Å². The fourth-order valence-electron chi connectivity index (χ4n) is 3.74. The predicted octanol–water partition coefficient (Wildman–Crippen LogP) is 4.66. The van der Waals surface area contributed by atoms with Crippen molar-refractivity contribution in [3.63, 3.8) is 0 Å². The summed E-state index contributed by atoms with van der Waals surface area (Å²) in [6.07, 6.45) is 5.16. The Bertz CT molecular complexity index is 1180. The van der Waals surface area contributed by atoms with Crippen LogP contribution in [0.15, 0.2) is 47.2 Å². The number of pyridine rings is 1. The average molecular weight is 430 g/mol. The molecule has 5 rings (SSSR count). The second kappa shape index (κ2) is 6.23. The van der Waals surface area contributed by atoms with Gasteiger partial charge < -0.3 is 4.90 Å². The Morgan fingerprint density at radius 1 is 1.15 bits per heavy atom. The zero-order valence-electron chi connectivity index (χ0n) is 14.1. The summed E-state index contributed by atoms with van der Waals surface area (Å²) in [5.41, 5.74) is 1.66. The minimum Gasteiger partial charge on any atom is -0.349 e. The third-order valence-electron chi connectivity index (χ3n) is 4.94. The second-order valence-corrected chi connectivity index (χ2v) is 7.51. The van der Waals surface area contributed by atoms with E-state index < -0.39 is 11.6 Å². The molecule has 1 fully saturated rings. The van der Waals surface area contributed by atoms with Crippen molar-refractivity contribution in [1.29, 1.82) is 0 Å². The second-order valence-electron chi connectivity index (χ2n) is 6.60. The fourth-order valence-corrected chi connectivity index (χ4v) is 4.07. The van der Waals surface area contributed by atoms with Gasteiger partial charge in [-0.2, -0.15) is 0 Å². The van der Waals surface area contributed by atoms with Crippen molar-refractivity contribution in [3.8, 4) is 0 Å². The zero-order chi connectivity index (χ0) is 18.5. The van der Waals surface area contributed by atoms with E-state index >= 15 is 0 Å². The molecule has 0 N–H and O–H groups in total. The summed E-state index contributed by atoms with van der Waals surface area (Å²) in [4.78, 5) is 11.1. The minimum atomic E-state index is -0.431. The van der Waals surface area contributed by atoms with Crippen LogP contribution in [0, 0.1) is 11.6 Å². The van der Waals surface area contributed by atoms with Crippen LogP contribution in [0.5, 0.6) is 0 Å². The number of aromatic nitrogens is 4. The van der Waals surface area contributed by atoms with Crippen molar-refractivity contribution in [2.45, 2.75) is 18.9 Å². The van der Waals surface area contributed by atoms with Crippen LogP contribution in [0.2, 0.25) is 0 Å². The van der Waals surface area contributed by atoms with E-state index in [9.17, 15) is 8.78 Å². The van der Waals surface area contributed by atoms with Crippen LogP contribution >= 0.6 is 15.9 Å². The fraction of sp³-hybridized carbons (Fsp3) is 0.211. The summed E-state index contributed by atoms with van der Waals surface area (Å²) in [7, 11) is 0. The number of nitrogens with zero attached hydrogens (tertiary/aromatic N) is 5. The van der Waals surface area contributed by atoms with Gasteiger partial charge in [-0.3, -0.25) is 0 Å². The lowest BCUT2D eigenvalue weighted by Crippen LogP contribution is -2.24. The molecule has 1 aliphatic rings. The molecule has 0 unspecified atom stereocenters. The van der Waals surface area contributed by atoms with Crippen molar-refractivity contribution in [3.05, 3.63) is 64.4 Å². The predicted molar refractivity (Wildman–Crippen MR) is 102 cm³/mol. The SMILES string of the molecule is Fc1ccc(F)c([C@H]2CCCN2c2ccn3nc4ncc(Br)cc4c3n2)c1. The van der Waals surface area contributed by atoms with E-state index in [0.717, 1.165) is 41.1 Å². The molecule has 0 saturated carbocycles. The van der Waals surface area contributed by atoms with E-state index in [4.69, 9.17) is 4.98 Å². The highest BCUT2D eigenvalue weighted by Gasteiger charge is 2.30. The maximum absolute atomic E-state index is 14.3. The summed E-state index contributed by atoms with van der Waals surface area (Å²) in [6.45, 7) is 0.734. The minimum absolute atomic E-state index is 0.241. The first-order valence-electron chi connectivity index (χ1n) is 8.62. The lowest BCUT2D eigenvalue weighted by Gasteiger charge is -2.26. The Hall–Kier alpha value is -2.61. The average Bonchev–Trinajstić information content (AvgIpc) is 3.28. The lowest BCUT2D eigenvalue weighted by molar-refractivity contribution is 0.560. The normalized spacial score (nSPS) is 17.3. The van der Waals surface area contributed by atoms with Gasteiger partial charge in [0.1, 0.15) is 17.5 Å². The first-order valence-corrected chi connectivity index (χ1v) is 9.42. The Balaban J connectivity index is 1.62. The number of rotatable bonds is 2. The van der Waals surface area contributed by atoms with E-state index in [-0.39, 0.29) is 6.04 Å². The smallest absolute Gasteiger partial charge is 0.183 e. The highest BCUT2D eigenvalue weighted by Crippen LogP contribution is 2.37. The van der Waals surface area contributed by atoms with Gasteiger partial charge in [-0.15, -0.1) is 5.10 Å². The third-order valence-corrected chi connectivity index (χ3v) is 5.38. The molecule has 1 atom stereocenters. The first kappa shape index (κ1) is 16.6. The number of hydrogen-bond acceptors (Lipinski definition) is 4. The van der Waals surface area contributed by atoms with Crippen LogP contribution in [-0.2, 0) is 0 Å². The first-order chi connectivity index (χ1) is 13.1. The molecule has 4 aromatic rings. The molecular weight excluding hydrogens is 416 g/mol. The van der Waals surface area contributed by atoms with Crippen molar-refractivity contribution >= 4 is 38.4 Å². The van der Waals surface area contributed by atoms with Crippen molar-refractivity contribution in [2.75, 3.05) is 11.4 Å². The molecule has 4 heterocycles. The molecule has 5 nitrogen and oxygen atoms in total. The van der Waals surface area contributed by atoms with Crippen LogP contribution in [0.25, 0.3) is 16.7 Å². The molecular formula is C19H14BrF2N5. The van der Waals surface area contributed by atoms with Gasteiger partial charge in [-0.25, -0.2) is 23.3 Å². The van der Waals surface area contributed by atoms with Gasteiger partial charge in [0.05, 0.1) is 11.4 Å². The molecule has 3 aromatic heterocycles. The van der Waals surface area contributed by atoms with Gasteiger partial charge >= 0.3 is 0 Å². The number of hydrogen-bond donors (Lipinski definition) is 0. The van der Waals surface area contributed by atoms with Gasteiger partial charge in [0.25, 0.3) is 0 Å². The largest absolute Gasteiger partial charge is 0.349 e.